The number of para-hydroxylation sites is 2. The van der Waals surface area contributed by atoms with Crippen molar-refractivity contribution in [1.29, 1.82) is 5.26 Å². The molecule has 6 rings (SSSR count). The van der Waals surface area contributed by atoms with Crippen molar-refractivity contribution in [1.82, 2.24) is 9.38 Å². The first kappa shape index (κ1) is 16.9. The summed E-state index contributed by atoms with van der Waals surface area (Å²) in [5.74, 6) is 2.35. The van der Waals surface area contributed by atoms with Crippen LogP contribution in [0.15, 0.2) is 47.6 Å². The van der Waals surface area contributed by atoms with E-state index in [1.165, 1.54) is 0 Å². The van der Waals surface area contributed by atoms with Gasteiger partial charge in [0.2, 0.25) is 6.79 Å². The highest BCUT2D eigenvalue weighted by Crippen LogP contribution is 2.36. The van der Waals surface area contributed by atoms with Crippen molar-refractivity contribution in [2.45, 2.75) is 19.3 Å². The fraction of sp³-hybridized carbons (Fsp3) is 0.174. The predicted octanol–water partition coefficient (Wildman–Crippen LogP) is 4.02. The Morgan fingerprint density at radius 2 is 1.97 bits per heavy atom. The van der Waals surface area contributed by atoms with Gasteiger partial charge in [0.25, 0.3) is 0 Å². The van der Waals surface area contributed by atoms with E-state index in [-0.39, 0.29) is 6.79 Å². The molecule has 0 unspecified atom stereocenters. The van der Waals surface area contributed by atoms with E-state index in [0.29, 0.717) is 11.2 Å². The second-order valence-electron chi connectivity index (χ2n) is 7.39. The number of benzene rings is 2. The Labute approximate surface area is 172 Å². The smallest absolute Gasteiger partial charge is 0.231 e. The van der Waals surface area contributed by atoms with E-state index in [4.69, 9.17) is 14.5 Å². The molecule has 0 fully saturated rings. The van der Waals surface area contributed by atoms with Crippen molar-refractivity contribution in [3.8, 4) is 17.6 Å². The quantitative estimate of drug-likeness (QED) is 0.418. The van der Waals surface area contributed by atoms with Gasteiger partial charge in [-0.15, -0.1) is 0 Å². The Hall–Kier alpha value is -4.05. The van der Waals surface area contributed by atoms with E-state index in [9.17, 15) is 5.26 Å². The Balaban J connectivity index is 1.48. The predicted molar refractivity (Wildman–Crippen MR) is 113 cm³/mol. The number of ether oxygens (including phenoxy) is 2. The number of nitrogens with one attached hydrogen (secondary N) is 1. The van der Waals surface area contributed by atoms with E-state index in [0.717, 1.165) is 64.3 Å². The number of hydrogen-bond donors (Lipinski definition) is 1. The molecule has 0 spiro atoms. The fourth-order valence-electron chi connectivity index (χ4n) is 4.37. The number of hydrogen-bond acceptors (Lipinski definition) is 6. The maximum atomic E-state index is 9.84. The number of imidazole rings is 1. The van der Waals surface area contributed by atoms with Crippen molar-refractivity contribution in [3.63, 3.8) is 0 Å². The zero-order chi connectivity index (χ0) is 20.1. The first-order chi connectivity index (χ1) is 14.8. The number of hydrazone groups is 1. The van der Waals surface area contributed by atoms with Crippen LogP contribution in [-0.2, 0) is 12.8 Å². The molecule has 0 bridgehead atoms. The van der Waals surface area contributed by atoms with Crippen LogP contribution in [-0.4, -0.2) is 22.4 Å². The monoisotopic (exact) mass is 395 g/mol. The number of fused-ring (bicyclic) bond motifs is 5. The van der Waals surface area contributed by atoms with Crippen LogP contribution >= 0.6 is 0 Å². The van der Waals surface area contributed by atoms with Crippen molar-refractivity contribution >= 4 is 28.7 Å². The molecule has 7 heteroatoms. The second kappa shape index (κ2) is 6.49. The SMILES string of the molecule is N#Cc1c2c(c(NN=Cc3ccc4c(c3)OCO4)n3c1nc1ccccc13)CCC2. The summed E-state index contributed by atoms with van der Waals surface area (Å²) in [6, 6.07) is 16.0. The molecular formula is C23H17N5O2. The summed E-state index contributed by atoms with van der Waals surface area (Å²) in [7, 11) is 0. The molecule has 2 aliphatic rings. The molecule has 0 amide bonds. The summed E-state index contributed by atoms with van der Waals surface area (Å²) in [4.78, 5) is 4.75. The number of pyridine rings is 1. The van der Waals surface area contributed by atoms with E-state index < -0.39 is 0 Å². The Bertz CT molecular complexity index is 1400. The minimum Gasteiger partial charge on any atom is -0.454 e. The highest BCUT2D eigenvalue weighted by molar-refractivity contribution is 5.87. The molecule has 2 aromatic heterocycles. The molecule has 1 aliphatic carbocycles. The lowest BCUT2D eigenvalue weighted by atomic mass is 10.1. The Morgan fingerprint density at radius 1 is 1.10 bits per heavy atom. The maximum absolute atomic E-state index is 9.84. The lowest BCUT2D eigenvalue weighted by Crippen LogP contribution is -2.06. The van der Waals surface area contributed by atoms with Crippen LogP contribution in [0.25, 0.3) is 16.7 Å². The Kier molecular flexibility index (Phi) is 3.65. The van der Waals surface area contributed by atoms with Gasteiger partial charge in [-0.1, -0.05) is 12.1 Å². The number of anilines is 1. The summed E-state index contributed by atoms with van der Waals surface area (Å²) in [6.07, 6.45) is 4.58. The van der Waals surface area contributed by atoms with E-state index in [2.05, 4.69) is 16.6 Å². The van der Waals surface area contributed by atoms with Gasteiger partial charge in [0.05, 0.1) is 22.8 Å². The summed E-state index contributed by atoms with van der Waals surface area (Å²) in [5, 5.41) is 14.3. The van der Waals surface area contributed by atoms with Crippen LogP contribution in [0.3, 0.4) is 0 Å². The van der Waals surface area contributed by atoms with Crippen molar-refractivity contribution in [3.05, 3.63) is 64.7 Å². The molecule has 1 aliphatic heterocycles. The number of rotatable bonds is 3. The molecule has 0 saturated heterocycles. The fourth-order valence-corrected chi connectivity index (χ4v) is 4.37. The third kappa shape index (κ3) is 2.44. The lowest BCUT2D eigenvalue weighted by Gasteiger charge is -2.13. The molecule has 0 atom stereocenters. The van der Waals surface area contributed by atoms with Gasteiger partial charge >= 0.3 is 0 Å². The minimum atomic E-state index is 0.247. The molecule has 146 valence electrons. The molecule has 7 nitrogen and oxygen atoms in total. The molecule has 1 N–H and O–H groups in total. The number of nitriles is 1. The third-order valence-electron chi connectivity index (χ3n) is 5.71. The summed E-state index contributed by atoms with van der Waals surface area (Å²) < 4.78 is 12.8. The lowest BCUT2D eigenvalue weighted by molar-refractivity contribution is 0.174. The van der Waals surface area contributed by atoms with Gasteiger partial charge in [-0.3, -0.25) is 9.83 Å². The van der Waals surface area contributed by atoms with E-state index >= 15 is 0 Å². The van der Waals surface area contributed by atoms with Crippen LogP contribution in [0.5, 0.6) is 11.5 Å². The normalized spacial score (nSPS) is 14.5. The summed E-state index contributed by atoms with van der Waals surface area (Å²) in [6.45, 7) is 0.247. The molecule has 0 saturated carbocycles. The molecule has 0 radical (unpaired) electrons. The van der Waals surface area contributed by atoms with Gasteiger partial charge in [0.1, 0.15) is 11.9 Å². The Morgan fingerprint density at radius 3 is 2.90 bits per heavy atom. The second-order valence-corrected chi connectivity index (χ2v) is 7.39. The third-order valence-corrected chi connectivity index (χ3v) is 5.71. The van der Waals surface area contributed by atoms with Crippen LogP contribution in [0.4, 0.5) is 5.82 Å². The van der Waals surface area contributed by atoms with Crippen LogP contribution in [0, 0.1) is 11.3 Å². The van der Waals surface area contributed by atoms with Crippen LogP contribution in [0.2, 0.25) is 0 Å². The van der Waals surface area contributed by atoms with Crippen molar-refractivity contribution in [2.24, 2.45) is 5.10 Å². The molecular weight excluding hydrogens is 378 g/mol. The highest BCUT2D eigenvalue weighted by atomic mass is 16.7. The van der Waals surface area contributed by atoms with Crippen LogP contribution < -0.4 is 14.9 Å². The van der Waals surface area contributed by atoms with Crippen molar-refractivity contribution in [2.75, 3.05) is 12.2 Å². The van der Waals surface area contributed by atoms with Gasteiger partial charge in [0.15, 0.2) is 17.1 Å². The summed E-state index contributed by atoms with van der Waals surface area (Å²) >= 11 is 0. The number of aromatic nitrogens is 2. The maximum Gasteiger partial charge on any atom is 0.231 e. The van der Waals surface area contributed by atoms with Gasteiger partial charge in [-0.05, 0) is 66.3 Å². The molecule has 3 heterocycles. The van der Waals surface area contributed by atoms with Crippen molar-refractivity contribution < 1.29 is 9.47 Å². The summed E-state index contributed by atoms with van der Waals surface area (Å²) in [5.41, 5.74) is 9.55. The zero-order valence-electron chi connectivity index (χ0n) is 16.1. The van der Waals surface area contributed by atoms with E-state index in [1.54, 1.807) is 6.21 Å². The van der Waals surface area contributed by atoms with Gasteiger partial charge in [-0.25, -0.2) is 4.98 Å². The van der Waals surface area contributed by atoms with Gasteiger partial charge in [-0.2, -0.15) is 10.4 Å². The first-order valence-corrected chi connectivity index (χ1v) is 9.87. The molecule has 30 heavy (non-hydrogen) atoms. The molecule has 2 aromatic carbocycles. The standard InChI is InChI=1S/C23H17N5O2/c24-11-17-15-4-3-5-16(15)23(28-19-7-2-1-6-18(19)26-22(17)28)27-25-12-14-8-9-20-21(10-14)30-13-29-20/h1-2,6-10,12,27H,3-5,13H2. The number of nitrogens with zero attached hydrogens (tertiary/aromatic N) is 4. The zero-order valence-corrected chi connectivity index (χ0v) is 16.1. The minimum absolute atomic E-state index is 0.247. The topological polar surface area (TPSA) is 83.9 Å². The molecule has 4 aromatic rings. The first-order valence-electron chi connectivity index (χ1n) is 9.87. The van der Waals surface area contributed by atoms with E-state index in [1.807, 2.05) is 46.9 Å². The van der Waals surface area contributed by atoms with Gasteiger partial charge in [0, 0.05) is 0 Å². The van der Waals surface area contributed by atoms with Crippen LogP contribution in [0.1, 0.15) is 28.7 Å². The average molecular weight is 395 g/mol. The largest absolute Gasteiger partial charge is 0.454 e. The average Bonchev–Trinajstić information content (AvgIpc) is 3.51. The van der Waals surface area contributed by atoms with Gasteiger partial charge < -0.3 is 9.47 Å². The highest BCUT2D eigenvalue weighted by Gasteiger charge is 2.25.